The number of nitrogens with one attached hydrogen (secondary N) is 1. The zero-order valence-corrected chi connectivity index (χ0v) is 16.0. The van der Waals surface area contributed by atoms with Crippen LogP contribution < -0.4 is 10.1 Å². The van der Waals surface area contributed by atoms with E-state index in [2.05, 4.69) is 21.0 Å². The van der Waals surface area contributed by atoms with Gasteiger partial charge in [0.1, 0.15) is 5.75 Å². The normalized spacial score (nSPS) is 22.8. The van der Waals surface area contributed by atoms with E-state index >= 15 is 0 Å². The molecule has 1 aliphatic carbocycles. The van der Waals surface area contributed by atoms with Gasteiger partial charge < -0.3 is 10.1 Å². The van der Waals surface area contributed by atoms with E-state index in [1.54, 1.807) is 0 Å². The smallest absolute Gasteiger partial charge is 0.406 e. The van der Waals surface area contributed by atoms with Crippen molar-refractivity contribution in [1.82, 2.24) is 10.2 Å². The number of rotatable bonds is 6. The number of nitriles is 1. The number of alkyl halides is 3. The van der Waals surface area contributed by atoms with Crippen molar-refractivity contribution in [2.75, 3.05) is 19.6 Å². The minimum atomic E-state index is -4.79. The molecule has 1 saturated heterocycles. The van der Waals surface area contributed by atoms with Gasteiger partial charge in [-0.25, -0.2) is 0 Å². The van der Waals surface area contributed by atoms with E-state index in [0.717, 1.165) is 31.8 Å². The van der Waals surface area contributed by atoms with Crippen LogP contribution in [0.4, 0.5) is 13.2 Å². The summed E-state index contributed by atoms with van der Waals surface area (Å²) in [5.74, 6) is 0.659. The lowest BCUT2D eigenvalue weighted by Gasteiger charge is -2.19. The molecule has 2 atom stereocenters. The van der Waals surface area contributed by atoms with Crippen molar-refractivity contribution in [3.63, 3.8) is 0 Å². The van der Waals surface area contributed by atoms with Crippen molar-refractivity contribution in [2.45, 2.75) is 12.9 Å². The molecule has 0 aromatic heterocycles. The van der Waals surface area contributed by atoms with Crippen molar-refractivity contribution in [3.05, 3.63) is 65.2 Å². The summed E-state index contributed by atoms with van der Waals surface area (Å²) < 4.78 is 40.9. The van der Waals surface area contributed by atoms with Gasteiger partial charge in [-0.3, -0.25) is 9.69 Å². The highest BCUT2D eigenvalue weighted by atomic mass is 19.4. The Bertz CT molecular complexity index is 957. The van der Waals surface area contributed by atoms with Crippen LogP contribution in [0, 0.1) is 29.1 Å². The van der Waals surface area contributed by atoms with Gasteiger partial charge in [0.05, 0.1) is 11.6 Å². The van der Waals surface area contributed by atoms with Crippen LogP contribution >= 0.6 is 0 Å². The second-order valence-electron chi connectivity index (χ2n) is 7.78. The molecule has 156 valence electrons. The summed E-state index contributed by atoms with van der Waals surface area (Å²) in [5.41, 5.74) is 1.96. The van der Waals surface area contributed by atoms with Crippen molar-refractivity contribution in [2.24, 2.45) is 17.8 Å². The molecular weight excluding hydrogens is 395 g/mol. The fraction of sp³-hybridized carbons (Fsp3) is 0.364. The fourth-order valence-electron chi connectivity index (χ4n) is 4.26. The fourth-order valence-corrected chi connectivity index (χ4v) is 4.26. The highest BCUT2D eigenvalue weighted by molar-refractivity contribution is 5.94. The molecule has 1 aliphatic heterocycles. The predicted molar refractivity (Wildman–Crippen MR) is 102 cm³/mol. The molecule has 1 amide bonds. The molecule has 2 aromatic carbocycles. The standard InChI is InChI=1S/C22H20F3N3O2/c23-22(24,25)30-17-3-1-2-16(8-17)21(29)27-10-18-19-12-28(13-20(18)19)11-15-6-4-14(9-26)5-7-15/h1-8,18-20H,10-13H2,(H,27,29). The van der Waals surface area contributed by atoms with E-state index in [1.165, 1.54) is 17.7 Å². The number of halogens is 3. The summed E-state index contributed by atoms with van der Waals surface area (Å²) in [7, 11) is 0. The summed E-state index contributed by atoms with van der Waals surface area (Å²) in [4.78, 5) is 14.7. The van der Waals surface area contributed by atoms with Crippen molar-refractivity contribution in [3.8, 4) is 11.8 Å². The topological polar surface area (TPSA) is 65.4 Å². The molecule has 4 rings (SSSR count). The van der Waals surface area contributed by atoms with E-state index in [4.69, 9.17) is 5.26 Å². The molecule has 1 heterocycles. The average molecular weight is 415 g/mol. The Morgan fingerprint density at radius 2 is 1.87 bits per heavy atom. The number of benzene rings is 2. The van der Waals surface area contributed by atoms with E-state index in [9.17, 15) is 18.0 Å². The zero-order chi connectivity index (χ0) is 21.3. The summed E-state index contributed by atoms with van der Waals surface area (Å²) in [5, 5.41) is 11.7. The van der Waals surface area contributed by atoms with Crippen LogP contribution in [-0.2, 0) is 6.54 Å². The second-order valence-corrected chi connectivity index (χ2v) is 7.78. The van der Waals surface area contributed by atoms with E-state index < -0.39 is 18.0 Å². The Morgan fingerprint density at radius 1 is 1.17 bits per heavy atom. The quantitative estimate of drug-likeness (QED) is 0.784. The summed E-state index contributed by atoms with van der Waals surface area (Å²) in [6.07, 6.45) is -4.79. The summed E-state index contributed by atoms with van der Waals surface area (Å²) in [6, 6.07) is 14.8. The first kappa shape index (κ1) is 20.2. The largest absolute Gasteiger partial charge is 0.573 e. The molecule has 2 aromatic rings. The molecule has 0 radical (unpaired) electrons. The molecule has 1 saturated carbocycles. The molecule has 5 nitrogen and oxygen atoms in total. The number of ether oxygens (including phenoxy) is 1. The van der Waals surface area contributed by atoms with Crippen LogP contribution in [0.2, 0.25) is 0 Å². The number of amides is 1. The van der Waals surface area contributed by atoms with E-state index in [-0.39, 0.29) is 5.56 Å². The van der Waals surface area contributed by atoms with Gasteiger partial charge in [-0.2, -0.15) is 5.26 Å². The lowest BCUT2D eigenvalue weighted by atomic mass is 10.1. The van der Waals surface area contributed by atoms with Gasteiger partial charge in [0.25, 0.3) is 5.91 Å². The van der Waals surface area contributed by atoms with Gasteiger partial charge in [0.2, 0.25) is 0 Å². The molecule has 2 unspecified atom stereocenters. The van der Waals surface area contributed by atoms with Crippen LogP contribution in [-0.4, -0.2) is 36.8 Å². The third kappa shape index (κ3) is 4.74. The molecule has 1 N–H and O–H groups in total. The number of hydrogen-bond acceptors (Lipinski definition) is 4. The number of carbonyl (C=O) groups is 1. The van der Waals surface area contributed by atoms with Crippen LogP contribution in [0.1, 0.15) is 21.5 Å². The van der Waals surface area contributed by atoms with Crippen molar-refractivity contribution >= 4 is 5.91 Å². The number of nitrogens with zero attached hydrogens (tertiary/aromatic N) is 2. The Morgan fingerprint density at radius 3 is 2.50 bits per heavy atom. The van der Waals surface area contributed by atoms with Gasteiger partial charge in [0.15, 0.2) is 0 Å². The lowest BCUT2D eigenvalue weighted by Crippen LogP contribution is -2.30. The minimum Gasteiger partial charge on any atom is -0.406 e. The molecule has 2 aliphatic rings. The molecule has 8 heteroatoms. The number of carbonyl (C=O) groups excluding carboxylic acids is 1. The third-order valence-corrected chi connectivity index (χ3v) is 5.76. The van der Waals surface area contributed by atoms with Crippen LogP contribution in [0.15, 0.2) is 48.5 Å². The van der Waals surface area contributed by atoms with E-state index in [1.807, 2.05) is 24.3 Å². The first-order valence-electron chi connectivity index (χ1n) is 9.68. The first-order chi connectivity index (χ1) is 14.3. The zero-order valence-electron chi connectivity index (χ0n) is 16.0. The second kappa shape index (κ2) is 8.00. The van der Waals surface area contributed by atoms with Crippen molar-refractivity contribution in [1.29, 1.82) is 5.26 Å². The average Bonchev–Trinajstić information content (AvgIpc) is 3.16. The SMILES string of the molecule is N#Cc1ccc(CN2CC3C(CNC(=O)c4cccc(OC(F)(F)F)c4)C3C2)cc1. The monoisotopic (exact) mass is 415 g/mol. The van der Waals surface area contributed by atoms with E-state index in [0.29, 0.717) is 29.9 Å². The molecule has 0 bridgehead atoms. The van der Waals surface area contributed by atoms with Crippen LogP contribution in [0.5, 0.6) is 5.75 Å². The number of likely N-dealkylation sites (tertiary alicyclic amines) is 1. The van der Waals surface area contributed by atoms with Gasteiger partial charge in [0, 0.05) is 31.7 Å². The number of fused-ring (bicyclic) bond motifs is 1. The maximum atomic E-state index is 12.3. The van der Waals surface area contributed by atoms with Gasteiger partial charge in [-0.1, -0.05) is 18.2 Å². The van der Waals surface area contributed by atoms with Gasteiger partial charge >= 0.3 is 6.36 Å². The minimum absolute atomic E-state index is 0.144. The Balaban J connectivity index is 1.23. The highest BCUT2D eigenvalue weighted by Gasteiger charge is 2.55. The third-order valence-electron chi connectivity index (χ3n) is 5.76. The molecule has 0 spiro atoms. The Hall–Kier alpha value is -3.05. The molecular formula is C22H20F3N3O2. The maximum Gasteiger partial charge on any atom is 0.573 e. The lowest BCUT2D eigenvalue weighted by molar-refractivity contribution is -0.274. The molecule has 2 fully saturated rings. The molecule has 30 heavy (non-hydrogen) atoms. The highest BCUT2D eigenvalue weighted by Crippen LogP contribution is 2.51. The van der Waals surface area contributed by atoms with Gasteiger partial charge in [-0.15, -0.1) is 13.2 Å². The Labute approximate surface area is 172 Å². The number of piperidine rings is 1. The predicted octanol–water partition coefficient (Wildman–Crippen LogP) is 3.56. The van der Waals surface area contributed by atoms with Gasteiger partial charge in [-0.05, 0) is 53.6 Å². The first-order valence-corrected chi connectivity index (χ1v) is 9.68. The Kier molecular flexibility index (Phi) is 5.39. The maximum absolute atomic E-state index is 12.3. The van der Waals surface area contributed by atoms with Crippen LogP contribution in [0.3, 0.4) is 0 Å². The number of hydrogen-bond donors (Lipinski definition) is 1. The van der Waals surface area contributed by atoms with Crippen LogP contribution in [0.25, 0.3) is 0 Å². The summed E-state index contributed by atoms with van der Waals surface area (Å²) >= 11 is 0. The van der Waals surface area contributed by atoms with Crippen molar-refractivity contribution < 1.29 is 22.7 Å². The summed E-state index contributed by atoms with van der Waals surface area (Å²) in [6.45, 7) is 3.27.